The molecule has 0 aliphatic rings. The van der Waals surface area contributed by atoms with E-state index in [1.807, 2.05) is 54.8 Å². The first-order valence-corrected chi connectivity index (χ1v) is 9.75. The molecule has 0 unspecified atom stereocenters. The molecule has 0 aliphatic carbocycles. The number of thiazole rings is 1. The molecule has 0 aliphatic heterocycles. The number of rotatable bonds is 5. The molecule has 1 amide bonds. The number of carbonyl (C=O) groups is 1. The van der Waals surface area contributed by atoms with Crippen molar-refractivity contribution in [3.8, 4) is 0 Å². The second-order valence-corrected chi connectivity index (χ2v) is 7.82. The Balaban J connectivity index is 2.08. The molecule has 27 heavy (non-hydrogen) atoms. The lowest BCUT2D eigenvalue weighted by Crippen LogP contribution is -2.19. The van der Waals surface area contributed by atoms with Crippen molar-refractivity contribution in [3.63, 3.8) is 0 Å². The third kappa shape index (κ3) is 4.08. The predicted octanol–water partition coefficient (Wildman–Crippen LogP) is 4.12. The van der Waals surface area contributed by atoms with E-state index in [9.17, 15) is 4.79 Å². The molecule has 0 saturated heterocycles. The van der Waals surface area contributed by atoms with E-state index in [2.05, 4.69) is 4.99 Å². The van der Waals surface area contributed by atoms with Gasteiger partial charge in [-0.2, -0.15) is 4.99 Å². The van der Waals surface area contributed by atoms with E-state index in [1.54, 1.807) is 19.2 Å². The zero-order valence-electron chi connectivity index (χ0n) is 15.8. The number of carbonyl (C=O) groups excluding carboxylic acids is 1. The van der Waals surface area contributed by atoms with Gasteiger partial charge in [0.05, 0.1) is 16.8 Å². The third-order valence-electron chi connectivity index (χ3n) is 4.38. The smallest absolute Gasteiger partial charge is 0.279 e. The lowest BCUT2D eigenvalue weighted by Gasteiger charge is -2.11. The van der Waals surface area contributed by atoms with Crippen LogP contribution in [0.15, 0.2) is 41.4 Å². The normalized spacial score (nSPS) is 12.0. The Labute approximate surface area is 167 Å². The Morgan fingerprint density at radius 1 is 1.22 bits per heavy atom. The van der Waals surface area contributed by atoms with Crippen molar-refractivity contribution in [1.29, 1.82) is 0 Å². The fourth-order valence-corrected chi connectivity index (χ4v) is 4.11. The van der Waals surface area contributed by atoms with E-state index >= 15 is 0 Å². The number of aromatic nitrogens is 1. The van der Waals surface area contributed by atoms with E-state index in [0.29, 0.717) is 28.5 Å². The number of amides is 1. The Hall–Kier alpha value is -2.15. The maximum Gasteiger partial charge on any atom is 0.279 e. The topological polar surface area (TPSA) is 46.8 Å². The molecule has 0 spiro atoms. The van der Waals surface area contributed by atoms with Gasteiger partial charge in [0.1, 0.15) is 0 Å². The van der Waals surface area contributed by atoms with Crippen LogP contribution in [-0.2, 0) is 11.3 Å². The van der Waals surface area contributed by atoms with E-state index in [0.717, 1.165) is 21.5 Å². The van der Waals surface area contributed by atoms with Crippen LogP contribution < -0.4 is 9.70 Å². The molecular formula is C20H22ClN3O2S. The van der Waals surface area contributed by atoms with Gasteiger partial charge in [-0.1, -0.05) is 22.9 Å². The summed E-state index contributed by atoms with van der Waals surface area (Å²) in [7, 11) is 5.58. The van der Waals surface area contributed by atoms with Crippen LogP contribution in [0.1, 0.15) is 15.9 Å². The van der Waals surface area contributed by atoms with E-state index in [1.165, 1.54) is 11.3 Å². The molecule has 1 heterocycles. The molecule has 0 saturated carbocycles. The molecule has 0 fully saturated rings. The average Bonchev–Trinajstić information content (AvgIpc) is 3.00. The highest BCUT2D eigenvalue weighted by Crippen LogP contribution is 2.27. The SMILES string of the molecule is COCCn1c(=NC(=O)c2ccc(N(C)C)cc2)sc2ccc(Cl)c(C)c21. The van der Waals surface area contributed by atoms with Crippen LogP contribution in [0.2, 0.25) is 5.02 Å². The number of anilines is 1. The molecule has 142 valence electrons. The predicted molar refractivity (Wildman–Crippen MR) is 112 cm³/mol. The molecule has 0 atom stereocenters. The first-order valence-electron chi connectivity index (χ1n) is 8.56. The highest BCUT2D eigenvalue weighted by atomic mass is 35.5. The lowest BCUT2D eigenvalue weighted by molar-refractivity contribution is 0.0997. The Bertz CT molecular complexity index is 1040. The minimum atomic E-state index is -0.262. The zero-order valence-corrected chi connectivity index (χ0v) is 17.4. The molecule has 1 aromatic heterocycles. The van der Waals surface area contributed by atoms with Crippen LogP contribution in [0.4, 0.5) is 5.69 Å². The van der Waals surface area contributed by atoms with Crippen molar-refractivity contribution in [1.82, 2.24) is 4.57 Å². The molecule has 7 heteroatoms. The molecule has 0 radical (unpaired) electrons. The standard InChI is InChI=1S/C20H22ClN3O2S/c1-13-16(21)9-10-17-18(13)24(11-12-26-4)20(27-17)22-19(25)14-5-7-15(8-6-14)23(2)3/h5-10H,11-12H2,1-4H3. The number of hydrogen-bond acceptors (Lipinski definition) is 4. The highest BCUT2D eigenvalue weighted by Gasteiger charge is 2.13. The van der Waals surface area contributed by atoms with Crippen LogP contribution in [0, 0.1) is 6.92 Å². The van der Waals surface area contributed by atoms with Gasteiger partial charge in [0.2, 0.25) is 0 Å². The quantitative estimate of drug-likeness (QED) is 0.643. The minimum Gasteiger partial charge on any atom is -0.383 e. The van der Waals surface area contributed by atoms with Crippen molar-refractivity contribution in [2.45, 2.75) is 13.5 Å². The summed E-state index contributed by atoms with van der Waals surface area (Å²) in [6.45, 7) is 3.10. The van der Waals surface area contributed by atoms with Crippen molar-refractivity contribution in [2.75, 3.05) is 32.7 Å². The van der Waals surface area contributed by atoms with Gasteiger partial charge in [0, 0.05) is 44.0 Å². The Kier molecular flexibility index (Phi) is 5.99. The summed E-state index contributed by atoms with van der Waals surface area (Å²) in [5, 5.41) is 0.698. The number of halogens is 1. The van der Waals surface area contributed by atoms with Crippen LogP contribution in [0.25, 0.3) is 10.2 Å². The van der Waals surface area contributed by atoms with Crippen molar-refractivity contribution in [2.24, 2.45) is 4.99 Å². The molecule has 0 N–H and O–H groups in total. The van der Waals surface area contributed by atoms with Crippen LogP contribution in [-0.4, -0.2) is 38.3 Å². The highest BCUT2D eigenvalue weighted by molar-refractivity contribution is 7.16. The summed E-state index contributed by atoms with van der Waals surface area (Å²) >= 11 is 7.78. The van der Waals surface area contributed by atoms with Gasteiger partial charge in [-0.05, 0) is 48.9 Å². The number of hydrogen-bond donors (Lipinski definition) is 0. The number of benzene rings is 2. The first-order chi connectivity index (χ1) is 12.9. The molecule has 2 aromatic carbocycles. The summed E-state index contributed by atoms with van der Waals surface area (Å²) in [4.78, 5) is 19.7. The summed E-state index contributed by atoms with van der Waals surface area (Å²) in [5.41, 5.74) is 3.57. The van der Waals surface area contributed by atoms with Gasteiger partial charge in [-0.15, -0.1) is 0 Å². The molecule has 0 bridgehead atoms. The molecular weight excluding hydrogens is 382 g/mol. The second kappa shape index (κ2) is 8.25. The van der Waals surface area contributed by atoms with Gasteiger partial charge in [-0.25, -0.2) is 0 Å². The summed E-state index contributed by atoms with van der Waals surface area (Å²) < 4.78 is 8.29. The zero-order chi connectivity index (χ0) is 19.6. The molecule has 5 nitrogen and oxygen atoms in total. The minimum absolute atomic E-state index is 0.262. The van der Waals surface area contributed by atoms with Gasteiger partial charge in [0.25, 0.3) is 5.91 Å². The van der Waals surface area contributed by atoms with Crippen molar-refractivity contribution in [3.05, 3.63) is 57.3 Å². The fraction of sp³-hybridized carbons (Fsp3) is 0.300. The largest absolute Gasteiger partial charge is 0.383 e. The van der Waals surface area contributed by atoms with Gasteiger partial charge >= 0.3 is 0 Å². The van der Waals surface area contributed by atoms with E-state index in [-0.39, 0.29) is 5.91 Å². The summed E-state index contributed by atoms with van der Waals surface area (Å²) in [5.74, 6) is -0.262. The Morgan fingerprint density at radius 2 is 1.93 bits per heavy atom. The fourth-order valence-electron chi connectivity index (χ4n) is 2.84. The maximum absolute atomic E-state index is 12.7. The van der Waals surface area contributed by atoms with Gasteiger partial charge < -0.3 is 14.2 Å². The number of aryl methyl sites for hydroxylation is 1. The van der Waals surface area contributed by atoms with Crippen molar-refractivity contribution >= 4 is 44.7 Å². The van der Waals surface area contributed by atoms with Gasteiger partial charge in [0.15, 0.2) is 4.80 Å². The first kappa shape index (κ1) is 19.6. The average molecular weight is 404 g/mol. The van der Waals surface area contributed by atoms with Crippen LogP contribution >= 0.6 is 22.9 Å². The number of nitrogens with zero attached hydrogens (tertiary/aromatic N) is 3. The second-order valence-electron chi connectivity index (χ2n) is 6.41. The van der Waals surface area contributed by atoms with Crippen LogP contribution in [0.3, 0.4) is 0 Å². The summed E-state index contributed by atoms with van der Waals surface area (Å²) in [6, 6.07) is 11.3. The molecule has 3 rings (SSSR count). The van der Waals surface area contributed by atoms with E-state index < -0.39 is 0 Å². The third-order valence-corrected chi connectivity index (χ3v) is 5.83. The molecule has 3 aromatic rings. The van der Waals surface area contributed by atoms with Gasteiger partial charge in [-0.3, -0.25) is 4.79 Å². The Morgan fingerprint density at radius 3 is 2.56 bits per heavy atom. The lowest BCUT2D eigenvalue weighted by atomic mass is 10.2. The maximum atomic E-state index is 12.7. The number of fused-ring (bicyclic) bond motifs is 1. The van der Waals surface area contributed by atoms with Crippen LogP contribution in [0.5, 0.6) is 0 Å². The van der Waals surface area contributed by atoms with E-state index in [4.69, 9.17) is 16.3 Å². The van der Waals surface area contributed by atoms with Crippen molar-refractivity contribution < 1.29 is 9.53 Å². The summed E-state index contributed by atoms with van der Waals surface area (Å²) in [6.07, 6.45) is 0. The number of methoxy groups -OCH3 is 1. The number of ether oxygens (including phenoxy) is 1. The monoisotopic (exact) mass is 403 g/mol.